The Labute approximate surface area is 209 Å². The molecule has 11 heteroatoms. The number of nitrogens with one attached hydrogen (secondary N) is 1. The zero-order chi connectivity index (χ0) is 23.2. The van der Waals surface area contributed by atoms with Gasteiger partial charge in [0.25, 0.3) is 5.91 Å². The first-order valence-corrected chi connectivity index (χ1v) is 12.1. The molecule has 2 aromatic carbocycles. The van der Waals surface area contributed by atoms with Gasteiger partial charge >= 0.3 is 0 Å². The molecule has 166 valence electrons. The molecule has 0 aliphatic heterocycles. The highest BCUT2D eigenvalue weighted by molar-refractivity contribution is 9.10. The van der Waals surface area contributed by atoms with Crippen molar-refractivity contribution in [3.63, 3.8) is 0 Å². The van der Waals surface area contributed by atoms with E-state index in [1.54, 1.807) is 24.5 Å². The molecule has 0 aliphatic rings. The normalized spacial score (nSPS) is 11.1. The van der Waals surface area contributed by atoms with Crippen LogP contribution in [0.1, 0.15) is 5.56 Å². The van der Waals surface area contributed by atoms with E-state index in [9.17, 15) is 9.18 Å². The number of rotatable bonds is 7. The monoisotopic (exact) mass is 588 g/mol. The summed E-state index contributed by atoms with van der Waals surface area (Å²) in [4.78, 5) is 16.4. The SMILES string of the molecule is O=C(CSc1nnc(-c2ccncc2)n1-c1ccc(Br)cc1)NN=Cc1cc(Br)ccc1F. The second kappa shape index (κ2) is 10.8. The Kier molecular flexibility index (Phi) is 7.63. The summed E-state index contributed by atoms with van der Waals surface area (Å²) in [6.07, 6.45) is 4.62. The van der Waals surface area contributed by atoms with E-state index in [0.717, 1.165) is 15.7 Å². The smallest absolute Gasteiger partial charge is 0.250 e. The van der Waals surface area contributed by atoms with Crippen molar-refractivity contribution >= 4 is 55.7 Å². The van der Waals surface area contributed by atoms with Crippen molar-refractivity contribution in [3.8, 4) is 17.1 Å². The summed E-state index contributed by atoms with van der Waals surface area (Å²) in [6, 6.07) is 15.9. The van der Waals surface area contributed by atoms with E-state index in [-0.39, 0.29) is 17.2 Å². The second-order valence-electron chi connectivity index (χ2n) is 6.60. The number of hydrazone groups is 1. The number of aromatic nitrogens is 4. The van der Waals surface area contributed by atoms with Gasteiger partial charge in [0.05, 0.1) is 12.0 Å². The average Bonchev–Trinajstić information content (AvgIpc) is 3.25. The Morgan fingerprint density at radius 1 is 1.06 bits per heavy atom. The van der Waals surface area contributed by atoms with Gasteiger partial charge in [0.1, 0.15) is 5.82 Å². The van der Waals surface area contributed by atoms with E-state index in [4.69, 9.17) is 0 Å². The van der Waals surface area contributed by atoms with Crippen LogP contribution in [0.25, 0.3) is 17.1 Å². The molecule has 4 aromatic rings. The fourth-order valence-corrected chi connectivity index (χ4v) is 4.21. The maximum atomic E-state index is 13.8. The molecule has 1 N–H and O–H groups in total. The lowest BCUT2D eigenvalue weighted by molar-refractivity contribution is -0.118. The summed E-state index contributed by atoms with van der Waals surface area (Å²) in [7, 11) is 0. The maximum absolute atomic E-state index is 13.8. The first-order valence-electron chi connectivity index (χ1n) is 9.53. The number of pyridine rings is 1. The Hall–Kier alpha value is -2.89. The predicted octanol–water partition coefficient (Wildman–Crippen LogP) is 5.24. The highest BCUT2D eigenvalue weighted by Gasteiger charge is 2.17. The van der Waals surface area contributed by atoms with Gasteiger partial charge in [-0.2, -0.15) is 5.10 Å². The lowest BCUT2D eigenvalue weighted by atomic mass is 10.2. The molecule has 4 rings (SSSR count). The van der Waals surface area contributed by atoms with Gasteiger partial charge in [-0.05, 0) is 54.6 Å². The largest absolute Gasteiger partial charge is 0.272 e. The number of carbonyl (C=O) groups excluding carboxylic acids is 1. The second-order valence-corrected chi connectivity index (χ2v) is 9.38. The summed E-state index contributed by atoms with van der Waals surface area (Å²) in [6.45, 7) is 0. The van der Waals surface area contributed by atoms with E-state index >= 15 is 0 Å². The molecule has 33 heavy (non-hydrogen) atoms. The maximum Gasteiger partial charge on any atom is 0.250 e. The third kappa shape index (κ3) is 5.92. The number of benzene rings is 2. The molecule has 0 bridgehead atoms. The number of hydrogen-bond donors (Lipinski definition) is 1. The van der Waals surface area contributed by atoms with E-state index < -0.39 is 5.82 Å². The van der Waals surface area contributed by atoms with Crippen LogP contribution in [-0.2, 0) is 4.79 Å². The zero-order valence-electron chi connectivity index (χ0n) is 16.8. The minimum atomic E-state index is -0.434. The van der Waals surface area contributed by atoms with Crippen LogP contribution >= 0.6 is 43.6 Å². The summed E-state index contributed by atoms with van der Waals surface area (Å²) < 4.78 is 17.3. The Morgan fingerprint density at radius 2 is 1.79 bits per heavy atom. The van der Waals surface area contributed by atoms with Gasteiger partial charge in [-0.1, -0.05) is 43.6 Å². The molecule has 1 amide bonds. The molecule has 0 saturated heterocycles. The first kappa shape index (κ1) is 23.3. The molecule has 0 unspecified atom stereocenters. The summed E-state index contributed by atoms with van der Waals surface area (Å²) in [5.74, 6) is -0.117. The predicted molar refractivity (Wildman–Crippen MR) is 133 cm³/mol. The molecule has 0 aliphatic carbocycles. The number of hydrogen-bond acceptors (Lipinski definition) is 6. The molecule has 2 heterocycles. The van der Waals surface area contributed by atoms with Crippen LogP contribution in [0.4, 0.5) is 4.39 Å². The van der Waals surface area contributed by atoms with Crippen molar-refractivity contribution < 1.29 is 9.18 Å². The van der Waals surface area contributed by atoms with Crippen LogP contribution in [0.5, 0.6) is 0 Å². The van der Waals surface area contributed by atoms with Crippen LogP contribution in [0.3, 0.4) is 0 Å². The standard InChI is InChI=1S/C22H15Br2FN6OS/c23-16-1-4-18(5-2-16)31-21(14-7-9-26-10-8-14)29-30-22(31)33-13-20(32)28-27-12-15-11-17(24)3-6-19(15)25/h1-12H,13H2,(H,28,32). The molecule has 7 nitrogen and oxygen atoms in total. The molecular formula is C22H15Br2FN6OS. The number of halogens is 3. The van der Waals surface area contributed by atoms with Gasteiger partial charge < -0.3 is 0 Å². The number of nitrogens with zero attached hydrogens (tertiary/aromatic N) is 5. The molecule has 0 saturated carbocycles. The summed E-state index contributed by atoms with van der Waals surface area (Å²) >= 11 is 7.94. The molecular weight excluding hydrogens is 575 g/mol. The van der Waals surface area contributed by atoms with Crippen LogP contribution < -0.4 is 5.43 Å². The van der Waals surface area contributed by atoms with Crippen molar-refractivity contribution in [2.45, 2.75) is 5.16 Å². The minimum Gasteiger partial charge on any atom is -0.272 e. The van der Waals surface area contributed by atoms with Gasteiger partial charge in [0.15, 0.2) is 11.0 Å². The zero-order valence-corrected chi connectivity index (χ0v) is 20.8. The fourth-order valence-electron chi connectivity index (χ4n) is 2.82. The third-order valence-electron chi connectivity index (χ3n) is 4.34. The van der Waals surface area contributed by atoms with Crippen molar-refractivity contribution in [2.75, 3.05) is 5.75 Å². The van der Waals surface area contributed by atoms with Gasteiger partial charge in [-0.15, -0.1) is 10.2 Å². The van der Waals surface area contributed by atoms with Crippen LogP contribution in [0.15, 0.2) is 86.2 Å². The number of thioether (sulfide) groups is 1. The Bertz CT molecular complexity index is 1300. The lowest BCUT2D eigenvalue weighted by Gasteiger charge is -2.10. The minimum absolute atomic E-state index is 0.0450. The fraction of sp³-hybridized carbons (Fsp3) is 0.0455. The average molecular weight is 590 g/mol. The van der Waals surface area contributed by atoms with Crippen LogP contribution in [0, 0.1) is 5.82 Å². The van der Waals surface area contributed by atoms with E-state index in [1.807, 2.05) is 41.0 Å². The van der Waals surface area contributed by atoms with Gasteiger partial charge in [0, 0.05) is 38.2 Å². The summed E-state index contributed by atoms with van der Waals surface area (Å²) in [5, 5.41) is 13.0. The number of carbonyl (C=O) groups is 1. The van der Waals surface area contributed by atoms with Crippen LogP contribution in [-0.4, -0.2) is 37.6 Å². The molecule has 0 atom stereocenters. The Balaban J connectivity index is 1.50. The lowest BCUT2D eigenvalue weighted by Crippen LogP contribution is -2.20. The van der Waals surface area contributed by atoms with Gasteiger partial charge in [0.2, 0.25) is 0 Å². The van der Waals surface area contributed by atoms with Crippen LogP contribution in [0.2, 0.25) is 0 Å². The molecule has 2 aromatic heterocycles. The Morgan fingerprint density at radius 3 is 2.55 bits per heavy atom. The van der Waals surface area contributed by atoms with Gasteiger partial charge in [-0.3, -0.25) is 14.3 Å². The van der Waals surface area contributed by atoms with Crippen molar-refractivity contribution in [2.24, 2.45) is 5.10 Å². The van der Waals surface area contributed by atoms with E-state index in [0.29, 0.717) is 15.5 Å². The van der Waals surface area contributed by atoms with Gasteiger partial charge in [-0.25, -0.2) is 9.82 Å². The number of amides is 1. The quantitative estimate of drug-likeness (QED) is 0.181. The highest BCUT2D eigenvalue weighted by atomic mass is 79.9. The van der Waals surface area contributed by atoms with Crippen molar-refractivity contribution in [3.05, 3.63) is 87.3 Å². The van der Waals surface area contributed by atoms with Crippen molar-refractivity contribution in [1.29, 1.82) is 0 Å². The summed E-state index contributed by atoms with van der Waals surface area (Å²) in [5.41, 5.74) is 4.36. The molecule has 0 spiro atoms. The highest BCUT2D eigenvalue weighted by Crippen LogP contribution is 2.28. The van der Waals surface area contributed by atoms with Crippen molar-refractivity contribution in [1.82, 2.24) is 25.2 Å². The third-order valence-corrected chi connectivity index (χ3v) is 6.29. The topological polar surface area (TPSA) is 85.1 Å². The molecule has 0 radical (unpaired) electrons. The van der Waals surface area contributed by atoms with E-state index in [1.165, 1.54) is 24.0 Å². The first-order chi connectivity index (χ1) is 16.0. The van der Waals surface area contributed by atoms with E-state index in [2.05, 4.69) is 57.6 Å². The molecule has 0 fully saturated rings.